The van der Waals surface area contributed by atoms with Crippen molar-refractivity contribution in [3.8, 4) is 5.75 Å². The summed E-state index contributed by atoms with van der Waals surface area (Å²) in [5.74, 6) is 0.720. The fourth-order valence-electron chi connectivity index (χ4n) is 1.82. The number of carbonyl (C=O) groups excluding carboxylic acids is 1. The van der Waals surface area contributed by atoms with Crippen LogP contribution in [0.15, 0.2) is 30.1 Å². The van der Waals surface area contributed by atoms with Gasteiger partial charge in [-0.05, 0) is 24.1 Å². The lowest BCUT2D eigenvalue weighted by molar-refractivity contribution is 0.0994. The quantitative estimate of drug-likeness (QED) is 0.868. The second-order valence-corrected chi connectivity index (χ2v) is 4.00. The number of hydrogen-bond acceptors (Lipinski definition) is 3. The maximum atomic E-state index is 12.3. The molecule has 0 saturated heterocycles. The minimum atomic E-state index is 0.111. The van der Waals surface area contributed by atoms with Crippen molar-refractivity contribution in [1.29, 1.82) is 0 Å². The summed E-state index contributed by atoms with van der Waals surface area (Å²) in [5.41, 5.74) is 7.48. The molecule has 90 valence electrons. The van der Waals surface area contributed by atoms with Gasteiger partial charge in [-0.1, -0.05) is 6.07 Å². The van der Waals surface area contributed by atoms with E-state index in [1.807, 2.05) is 6.07 Å². The number of halogens is 1. The third kappa shape index (κ3) is 2.53. The summed E-state index contributed by atoms with van der Waals surface area (Å²) in [6.45, 7) is 0.236. The zero-order valence-electron chi connectivity index (χ0n) is 9.41. The third-order valence-electron chi connectivity index (χ3n) is 2.84. The molecule has 1 aliphatic rings. The molecule has 2 N–H and O–H groups in total. The number of fused-ring (bicyclic) bond motifs is 1. The smallest absolute Gasteiger partial charge is 0.163 e. The molecule has 4 heteroatoms. The second kappa shape index (κ2) is 5.10. The van der Waals surface area contributed by atoms with Crippen LogP contribution in [0.4, 0.5) is 4.39 Å². The Hall–Kier alpha value is -1.68. The van der Waals surface area contributed by atoms with Gasteiger partial charge in [-0.15, -0.1) is 0 Å². The lowest BCUT2D eigenvalue weighted by Gasteiger charge is -2.08. The first-order valence-corrected chi connectivity index (χ1v) is 5.51. The molecule has 0 fully saturated rings. The van der Waals surface area contributed by atoms with Gasteiger partial charge in [0.05, 0.1) is 6.33 Å². The van der Waals surface area contributed by atoms with Gasteiger partial charge in [-0.25, -0.2) is 4.39 Å². The fourth-order valence-corrected chi connectivity index (χ4v) is 1.82. The lowest BCUT2D eigenvalue weighted by Crippen LogP contribution is -2.10. The largest absolute Gasteiger partial charge is 0.489 e. The first kappa shape index (κ1) is 11.8. The molecule has 0 aromatic heterocycles. The maximum absolute atomic E-state index is 12.3. The number of hydrogen-bond donors (Lipinski definition) is 1. The highest BCUT2D eigenvalue weighted by atomic mass is 19.1. The highest BCUT2D eigenvalue weighted by Crippen LogP contribution is 2.26. The molecule has 1 aromatic rings. The van der Waals surface area contributed by atoms with Crippen molar-refractivity contribution in [3.63, 3.8) is 0 Å². The van der Waals surface area contributed by atoms with Gasteiger partial charge in [0.25, 0.3) is 0 Å². The van der Waals surface area contributed by atoms with Gasteiger partial charge in [0.15, 0.2) is 5.78 Å². The van der Waals surface area contributed by atoms with Crippen LogP contribution in [0.3, 0.4) is 0 Å². The molecule has 0 bridgehead atoms. The van der Waals surface area contributed by atoms with Crippen LogP contribution >= 0.6 is 0 Å². The van der Waals surface area contributed by atoms with E-state index in [0.29, 0.717) is 24.1 Å². The van der Waals surface area contributed by atoms with E-state index in [1.165, 1.54) is 0 Å². The maximum Gasteiger partial charge on any atom is 0.163 e. The Morgan fingerprint density at radius 3 is 3.00 bits per heavy atom. The van der Waals surface area contributed by atoms with Crippen LogP contribution in [0, 0.1) is 0 Å². The van der Waals surface area contributed by atoms with E-state index in [1.54, 1.807) is 12.1 Å². The summed E-state index contributed by atoms with van der Waals surface area (Å²) >= 11 is 0. The van der Waals surface area contributed by atoms with Crippen molar-refractivity contribution in [1.82, 2.24) is 0 Å². The molecule has 0 radical (unpaired) electrons. The Balaban J connectivity index is 2.08. The molecule has 0 saturated carbocycles. The average molecular weight is 235 g/mol. The van der Waals surface area contributed by atoms with Gasteiger partial charge in [0.2, 0.25) is 0 Å². The third-order valence-corrected chi connectivity index (χ3v) is 2.84. The molecular weight excluding hydrogens is 221 g/mol. The highest BCUT2D eigenvalue weighted by molar-refractivity contribution is 6.00. The van der Waals surface area contributed by atoms with Gasteiger partial charge in [-0.2, -0.15) is 0 Å². The topological polar surface area (TPSA) is 52.3 Å². The number of ether oxygens (including phenoxy) is 1. The fraction of sp³-hybridized carbons (Fsp3) is 0.308. The van der Waals surface area contributed by atoms with Gasteiger partial charge in [-0.3, -0.25) is 4.79 Å². The van der Waals surface area contributed by atoms with Crippen LogP contribution in [0.25, 0.3) is 0 Å². The Labute approximate surface area is 99.1 Å². The van der Waals surface area contributed by atoms with Crippen LogP contribution < -0.4 is 10.5 Å². The van der Waals surface area contributed by atoms with Crippen LogP contribution in [-0.2, 0) is 6.42 Å². The molecule has 0 aliphatic heterocycles. The monoisotopic (exact) mass is 235 g/mol. The molecule has 2 rings (SSSR count). The molecule has 0 atom stereocenters. The first-order chi connectivity index (χ1) is 8.24. The standard InChI is InChI=1S/C13H14FNO2/c14-6-9(7-15)8-17-11-3-1-10-2-4-13(16)12(10)5-11/h1,3,5-6H,2,4,7-8,15H2/b9-6+. The van der Waals surface area contributed by atoms with Gasteiger partial charge in [0, 0.05) is 24.1 Å². The summed E-state index contributed by atoms with van der Waals surface area (Å²) < 4.78 is 17.6. The summed E-state index contributed by atoms with van der Waals surface area (Å²) in [6.07, 6.45) is 1.82. The van der Waals surface area contributed by atoms with E-state index < -0.39 is 0 Å². The van der Waals surface area contributed by atoms with E-state index in [-0.39, 0.29) is 18.9 Å². The number of carbonyl (C=O) groups is 1. The van der Waals surface area contributed by atoms with Gasteiger partial charge < -0.3 is 10.5 Å². The molecular formula is C13H14FNO2. The van der Waals surface area contributed by atoms with Crippen molar-refractivity contribution in [2.45, 2.75) is 12.8 Å². The van der Waals surface area contributed by atoms with Crippen molar-refractivity contribution in [2.75, 3.05) is 13.2 Å². The van der Waals surface area contributed by atoms with Crippen molar-refractivity contribution >= 4 is 5.78 Å². The molecule has 3 nitrogen and oxygen atoms in total. The molecule has 0 amide bonds. The number of rotatable bonds is 4. The summed E-state index contributed by atoms with van der Waals surface area (Å²) in [4.78, 5) is 11.5. The Kier molecular flexibility index (Phi) is 3.54. The first-order valence-electron chi connectivity index (χ1n) is 5.51. The van der Waals surface area contributed by atoms with Gasteiger partial charge >= 0.3 is 0 Å². The molecule has 1 aromatic carbocycles. The Morgan fingerprint density at radius 2 is 2.29 bits per heavy atom. The normalized spacial score (nSPS) is 14.9. The minimum Gasteiger partial charge on any atom is -0.489 e. The molecule has 17 heavy (non-hydrogen) atoms. The zero-order valence-corrected chi connectivity index (χ0v) is 9.41. The Bertz CT molecular complexity index is 468. The van der Waals surface area contributed by atoms with E-state index in [2.05, 4.69) is 0 Å². The number of nitrogens with two attached hydrogens (primary N) is 1. The predicted octanol–water partition coefficient (Wildman–Crippen LogP) is 2.01. The summed E-state index contributed by atoms with van der Waals surface area (Å²) in [6, 6.07) is 5.40. The number of ketones is 1. The molecule has 0 spiro atoms. The minimum absolute atomic E-state index is 0.111. The number of aryl methyl sites for hydroxylation is 1. The van der Waals surface area contributed by atoms with E-state index in [0.717, 1.165) is 17.5 Å². The zero-order chi connectivity index (χ0) is 12.3. The number of Topliss-reactive ketones (excluding diaryl/α,β-unsaturated/α-hetero) is 1. The SMILES string of the molecule is NC/C(=C\F)COc1ccc2c(c1)C(=O)CC2. The van der Waals surface area contributed by atoms with Crippen molar-refractivity contribution in [2.24, 2.45) is 5.73 Å². The van der Waals surface area contributed by atoms with E-state index >= 15 is 0 Å². The van der Waals surface area contributed by atoms with Crippen molar-refractivity contribution < 1.29 is 13.9 Å². The van der Waals surface area contributed by atoms with Crippen LogP contribution in [0.5, 0.6) is 5.75 Å². The Morgan fingerprint density at radius 1 is 1.47 bits per heavy atom. The predicted molar refractivity (Wildman–Crippen MR) is 62.8 cm³/mol. The molecule has 1 aliphatic carbocycles. The molecule has 0 unspecified atom stereocenters. The molecule has 0 heterocycles. The summed E-state index contributed by atoms with van der Waals surface area (Å²) in [5, 5.41) is 0. The highest BCUT2D eigenvalue weighted by Gasteiger charge is 2.19. The lowest BCUT2D eigenvalue weighted by atomic mass is 10.1. The summed E-state index contributed by atoms with van der Waals surface area (Å²) in [7, 11) is 0. The van der Waals surface area contributed by atoms with Gasteiger partial charge in [0.1, 0.15) is 12.4 Å². The van der Waals surface area contributed by atoms with Crippen LogP contribution in [-0.4, -0.2) is 18.9 Å². The van der Waals surface area contributed by atoms with E-state index in [4.69, 9.17) is 10.5 Å². The second-order valence-electron chi connectivity index (χ2n) is 4.00. The van der Waals surface area contributed by atoms with Crippen LogP contribution in [0.2, 0.25) is 0 Å². The average Bonchev–Trinajstić information content (AvgIpc) is 2.72. The van der Waals surface area contributed by atoms with Crippen LogP contribution in [0.1, 0.15) is 22.3 Å². The number of benzene rings is 1. The van der Waals surface area contributed by atoms with Crippen molar-refractivity contribution in [3.05, 3.63) is 41.2 Å². The van der Waals surface area contributed by atoms with E-state index in [9.17, 15) is 9.18 Å².